The van der Waals surface area contributed by atoms with E-state index in [0.717, 1.165) is 5.39 Å². The van der Waals surface area contributed by atoms with Gasteiger partial charge in [0.2, 0.25) is 0 Å². The molecule has 2 aromatic rings. The zero-order chi connectivity index (χ0) is 10.8. The first-order valence-electron chi connectivity index (χ1n) is 4.21. The number of fused-ring (bicyclic) bond motifs is 1. The first-order chi connectivity index (χ1) is 7.22. The second-order valence-corrected chi connectivity index (χ2v) is 3.32. The van der Waals surface area contributed by atoms with Crippen LogP contribution in [0.3, 0.4) is 0 Å². The molecule has 0 bridgehead atoms. The van der Waals surface area contributed by atoms with Crippen LogP contribution in [0.15, 0.2) is 24.4 Å². The van der Waals surface area contributed by atoms with Crippen LogP contribution in [-0.4, -0.2) is 23.3 Å². The van der Waals surface area contributed by atoms with E-state index in [9.17, 15) is 4.79 Å². The minimum absolute atomic E-state index is 0.404. The van der Waals surface area contributed by atoms with Gasteiger partial charge in [-0.15, -0.1) is 0 Å². The summed E-state index contributed by atoms with van der Waals surface area (Å²) in [4.78, 5) is 11.2. The van der Waals surface area contributed by atoms with Crippen LogP contribution in [0.4, 0.5) is 0 Å². The Morgan fingerprint density at radius 2 is 2.27 bits per heavy atom. The molecule has 0 fully saturated rings. The molecule has 4 nitrogen and oxygen atoms in total. The van der Waals surface area contributed by atoms with Crippen molar-refractivity contribution in [1.82, 2.24) is 10.2 Å². The van der Waals surface area contributed by atoms with Crippen molar-refractivity contribution in [2.45, 2.75) is 0 Å². The van der Waals surface area contributed by atoms with Crippen molar-refractivity contribution in [2.75, 3.05) is 7.11 Å². The van der Waals surface area contributed by atoms with Gasteiger partial charge in [-0.25, -0.2) is 4.79 Å². The lowest BCUT2D eigenvalue weighted by molar-refractivity contribution is 0.0601. The molecule has 0 amide bonds. The van der Waals surface area contributed by atoms with Gasteiger partial charge in [0.15, 0.2) is 0 Å². The number of carbonyl (C=O) groups excluding carboxylic acids is 1. The molecule has 0 unspecified atom stereocenters. The molecule has 1 heterocycles. The fraction of sp³-hybridized carbons (Fsp3) is 0.100. The van der Waals surface area contributed by atoms with Gasteiger partial charge in [0.1, 0.15) is 0 Å². The van der Waals surface area contributed by atoms with Gasteiger partial charge >= 0.3 is 5.97 Å². The minimum atomic E-state index is -0.404. The topological polar surface area (TPSA) is 52.1 Å². The van der Waals surface area contributed by atoms with Crippen molar-refractivity contribution in [3.63, 3.8) is 0 Å². The highest BCUT2D eigenvalue weighted by Crippen LogP contribution is 2.21. The summed E-state index contributed by atoms with van der Waals surface area (Å²) in [7, 11) is 1.33. The molecular weight excluding hydrogens is 216 g/mol. The quantitative estimate of drug-likeness (QED) is 0.693. The molecule has 0 N–H and O–H groups in total. The van der Waals surface area contributed by atoms with Crippen LogP contribution in [-0.2, 0) is 4.74 Å². The van der Waals surface area contributed by atoms with Crippen LogP contribution < -0.4 is 0 Å². The Kier molecular flexibility index (Phi) is 2.51. The van der Waals surface area contributed by atoms with Gasteiger partial charge < -0.3 is 4.74 Å². The number of esters is 1. The Hall–Kier alpha value is -1.68. The smallest absolute Gasteiger partial charge is 0.337 e. The highest BCUT2D eigenvalue weighted by molar-refractivity contribution is 6.35. The van der Waals surface area contributed by atoms with E-state index in [1.165, 1.54) is 13.3 Å². The molecule has 1 aromatic carbocycles. The van der Waals surface area contributed by atoms with E-state index in [1.54, 1.807) is 18.2 Å². The average molecular weight is 223 g/mol. The molecule has 2 rings (SSSR count). The van der Waals surface area contributed by atoms with E-state index >= 15 is 0 Å². The monoisotopic (exact) mass is 222 g/mol. The van der Waals surface area contributed by atoms with Crippen molar-refractivity contribution in [2.24, 2.45) is 0 Å². The van der Waals surface area contributed by atoms with E-state index in [4.69, 9.17) is 11.6 Å². The third-order valence-electron chi connectivity index (χ3n) is 2.01. The highest BCUT2D eigenvalue weighted by atomic mass is 35.5. The molecule has 76 valence electrons. The Labute approximate surface area is 90.8 Å². The summed E-state index contributed by atoms with van der Waals surface area (Å²) in [5.74, 6) is -0.404. The van der Waals surface area contributed by atoms with E-state index in [0.29, 0.717) is 16.1 Å². The largest absolute Gasteiger partial charge is 0.465 e. The van der Waals surface area contributed by atoms with Crippen LogP contribution in [0, 0.1) is 0 Å². The number of carbonyl (C=O) groups is 1. The van der Waals surface area contributed by atoms with E-state index in [2.05, 4.69) is 14.9 Å². The molecule has 1 aromatic heterocycles. The summed E-state index contributed by atoms with van der Waals surface area (Å²) in [6, 6.07) is 4.96. The SMILES string of the molecule is COC(=O)c1ccc2c(Cl)cnnc2c1. The lowest BCUT2D eigenvalue weighted by Crippen LogP contribution is -2.01. The standard InChI is InChI=1S/C10H7ClN2O2/c1-15-10(14)6-2-3-7-8(11)5-12-13-9(7)4-6/h2-5H,1H3. The summed E-state index contributed by atoms with van der Waals surface area (Å²) in [6.45, 7) is 0. The first kappa shape index (κ1) is 9.86. The minimum Gasteiger partial charge on any atom is -0.465 e. The summed E-state index contributed by atoms with van der Waals surface area (Å²) >= 11 is 5.90. The zero-order valence-corrected chi connectivity index (χ0v) is 8.65. The Balaban J connectivity index is 2.62. The zero-order valence-electron chi connectivity index (χ0n) is 7.90. The van der Waals surface area contributed by atoms with Gasteiger partial charge in [-0.3, -0.25) is 0 Å². The number of halogens is 1. The van der Waals surface area contributed by atoms with Crippen molar-refractivity contribution in [3.05, 3.63) is 35.0 Å². The lowest BCUT2D eigenvalue weighted by atomic mass is 10.1. The summed E-state index contributed by atoms with van der Waals surface area (Å²) < 4.78 is 4.60. The van der Waals surface area contributed by atoms with Gasteiger partial charge in [-0.05, 0) is 12.1 Å². The summed E-state index contributed by atoms with van der Waals surface area (Å²) in [6.07, 6.45) is 1.46. The second kappa shape index (κ2) is 3.82. The fourth-order valence-corrected chi connectivity index (χ4v) is 1.48. The predicted octanol–water partition coefficient (Wildman–Crippen LogP) is 2.07. The Bertz CT molecular complexity index is 528. The first-order valence-corrected chi connectivity index (χ1v) is 4.59. The van der Waals surface area contributed by atoms with Crippen molar-refractivity contribution < 1.29 is 9.53 Å². The summed E-state index contributed by atoms with van der Waals surface area (Å²) in [5, 5.41) is 8.86. The maximum Gasteiger partial charge on any atom is 0.337 e. The molecular formula is C10H7ClN2O2. The molecule has 0 saturated carbocycles. The molecule has 0 saturated heterocycles. The molecule has 0 radical (unpaired) electrons. The molecule has 0 spiro atoms. The molecule has 0 atom stereocenters. The van der Waals surface area contributed by atoms with Crippen molar-refractivity contribution >= 4 is 28.5 Å². The molecule has 0 aliphatic rings. The predicted molar refractivity (Wildman–Crippen MR) is 55.9 cm³/mol. The van der Waals surface area contributed by atoms with Crippen LogP contribution in [0.5, 0.6) is 0 Å². The van der Waals surface area contributed by atoms with Crippen molar-refractivity contribution in [1.29, 1.82) is 0 Å². The average Bonchev–Trinajstić information content (AvgIpc) is 2.28. The maximum atomic E-state index is 11.2. The number of ether oxygens (including phenoxy) is 1. The van der Waals surface area contributed by atoms with E-state index in [-0.39, 0.29) is 0 Å². The number of rotatable bonds is 1. The molecule has 0 aliphatic heterocycles. The third kappa shape index (κ3) is 1.76. The molecule has 5 heteroatoms. The molecule has 15 heavy (non-hydrogen) atoms. The van der Waals surface area contributed by atoms with Gasteiger partial charge in [-0.1, -0.05) is 17.7 Å². The van der Waals surface area contributed by atoms with Crippen LogP contribution in [0.1, 0.15) is 10.4 Å². The van der Waals surface area contributed by atoms with Crippen LogP contribution in [0.25, 0.3) is 10.9 Å². The van der Waals surface area contributed by atoms with Gasteiger partial charge in [0.05, 0.1) is 29.4 Å². The summed E-state index contributed by atoms with van der Waals surface area (Å²) in [5.41, 5.74) is 1.01. The van der Waals surface area contributed by atoms with E-state index in [1.807, 2.05) is 0 Å². The van der Waals surface area contributed by atoms with Crippen molar-refractivity contribution in [3.8, 4) is 0 Å². The number of methoxy groups -OCH3 is 1. The van der Waals surface area contributed by atoms with Gasteiger partial charge in [0, 0.05) is 5.39 Å². The third-order valence-corrected chi connectivity index (χ3v) is 2.31. The number of nitrogens with zero attached hydrogens (tertiary/aromatic N) is 2. The number of benzene rings is 1. The van der Waals surface area contributed by atoms with Gasteiger partial charge in [0.25, 0.3) is 0 Å². The normalized spacial score (nSPS) is 10.3. The fourth-order valence-electron chi connectivity index (χ4n) is 1.27. The van der Waals surface area contributed by atoms with Crippen LogP contribution >= 0.6 is 11.6 Å². The Morgan fingerprint density at radius 1 is 1.47 bits per heavy atom. The van der Waals surface area contributed by atoms with Crippen LogP contribution in [0.2, 0.25) is 5.02 Å². The molecule has 0 aliphatic carbocycles. The maximum absolute atomic E-state index is 11.2. The number of hydrogen-bond acceptors (Lipinski definition) is 4. The Morgan fingerprint density at radius 3 is 3.00 bits per heavy atom. The number of aromatic nitrogens is 2. The van der Waals surface area contributed by atoms with Gasteiger partial charge in [-0.2, -0.15) is 10.2 Å². The number of hydrogen-bond donors (Lipinski definition) is 0. The second-order valence-electron chi connectivity index (χ2n) is 2.92. The highest BCUT2D eigenvalue weighted by Gasteiger charge is 2.07. The lowest BCUT2D eigenvalue weighted by Gasteiger charge is -2.01. The van der Waals surface area contributed by atoms with E-state index < -0.39 is 5.97 Å².